The van der Waals surface area contributed by atoms with E-state index in [4.69, 9.17) is 5.73 Å². The highest BCUT2D eigenvalue weighted by Crippen LogP contribution is 2.23. The quantitative estimate of drug-likeness (QED) is 0.663. The average molecular weight is 319 g/mol. The lowest BCUT2D eigenvalue weighted by Crippen LogP contribution is -2.12. The summed E-state index contributed by atoms with van der Waals surface area (Å²) < 4.78 is 13.8. The predicted octanol–water partition coefficient (Wildman–Crippen LogP) is 3.79. The van der Waals surface area contributed by atoms with Gasteiger partial charge in [0.25, 0.3) is 0 Å². The smallest absolute Gasteiger partial charge is 0.124 e. The van der Waals surface area contributed by atoms with E-state index in [1.807, 2.05) is 6.92 Å². The third-order valence-corrected chi connectivity index (χ3v) is 3.18. The Bertz CT molecular complexity index is 363. The first-order valence-corrected chi connectivity index (χ1v) is 5.93. The Labute approximate surface area is 104 Å². The highest BCUT2D eigenvalue weighted by molar-refractivity contribution is 14.1. The van der Waals surface area contributed by atoms with Gasteiger partial charge in [-0.25, -0.2) is 4.39 Å². The minimum absolute atomic E-state index is 0.0331. The molecule has 0 amide bonds. The second kappa shape index (κ2) is 5.61. The minimum Gasteiger partial charge on any atom is -0.324 e. The van der Waals surface area contributed by atoms with Crippen LogP contribution in [0.2, 0.25) is 0 Å². The molecule has 15 heavy (non-hydrogen) atoms. The van der Waals surface area contributed by atoms with Gasteiger partial charge in [0.05, 0.1) is 0 Å². The molecular weight excluding hydrogens is 304 g/mol. The number of benzene rings is 1. The van der Waals surface area contributed by atoms with E-state index in [0.29, 0.717) is 0 Å². The van der Waals surface area contributed by atoms with Gasteiger partial charge < -0.3 is 5.73 Å². The maximum atomic E-state index is 12.9. The van der Waals surface area contributed by atoms with Crippen molar-refractivity contribution in [3.05, 3.63) is 45.3 Å². The third kappa shape index (κ3) is 3.91. The Morgan fingerprint density at radius 1 is 1.60 bits per heavy atom. The number of hydrogen-bond acceptors (Lipinski definition) is 1. The van der Waals surface area contributed by atoms with Crippen molar-refractivity contribution in [3.63, 3.8) is 0 Å². The van der Waals surface area contributed by atoms with Crippen molar-refractivity contribution in [2.75, 3.05) is 0 Å². The van der Waals surface area contributed by atoms with E-state index in [2.05, 4.69) is 29.2 Å². The van der Waals surface area contributed by atoms with Crippen LogP contribution in [-0.4, -0.2) is 0 Å². The maximum Gasteiger partial charge on any atom is 0.124 e. The van der Waals surface area contributed by atoms with Crippen molar-refractivity contribution >= 4 is 22.6 Å². The average Bonchev–Trinajstić information content (AvgIpc) is 2.14. The largest absolute Gasteiger partial charge is 0.324 e. The molecule has 0 aromatic heterocycles. The second-order valence-corrected chi connectivity index (χ2v) is 4.93. The third-order valence-electron chi connectivity index (χ3n) is 2.24. The first kappa shape index (κ1) is 12.6. The van der Waals surface area contributed by atoms with Crippen LogP contribution in [0.5, 0.6) is 0 Å². The van der Waals surface area contributed by atoms with Crippen LogP contribution in [0.15, 0.2) is 30.4 Å². The summed E-state index contributed by atoms with van der Waals surface area (Å²) in [5.41, 5.74) is 8.17. The zero-order valence-electron chi connectivity index (χ0n) is 8.76. The lowest BCUT2D eigenvalue weighted by molar-refractivity contribution is 0.616. The molecule has 1 unspecified atom stereocenters. The summed E-state index contributed by atoms with van der Waals surface area (Å²) in [7, 11) is 0. The van der Waals surface area contributed by atoms with E-state index in [0.717, 1.165) is 27.5 Å². The molecule has 1 rings (SSSR count). The molecule has 0 aliphatic heterocycles. The number of nitrogens with two attached hydrogens (primary N) is 1. The summed E-state index contributed by atoms with van der Waals surface area (Å²) in [5, 5.41) is 0. The molecule has 1 aromatic rings. The number of halogens is 2. The molecule has 1 nitrogen and oxygen atoms in total. The van der Waals surface area contributed by atoms with Crippen molar-refractivity contribution in [2.24, 2.45) is 5.73 Å². The van der Waals surface area contributed by atoms with Crippen LogP contribution in [0.4, 0.5) is 4.39 Å². The Morgan fingerprint density at radius 2 is 2.27 bits per heavy atom. The Morgan fingerprint density at radius 3 is 2.80 bits per heavy atom. The molecular formula is C12H15FIN. The molecule has 0 radical (unpaired) electrons. The van der Waals surface area contributed by atoms with Gasteiger partial charge >= 0.3 is 0 Å². The lowest BCUT2D eigenvalue weighted by atomic mass is 10.0. The van der Waals surface area contributed by atoms with E-state index < -0.39 is 0 Å². The van der Waals surface area contributed by atoms with Gasteiger partial charge in [0, 0.05) is 9.61 Å². The zero-order chi connectivity index (χ0) is 11.4. The van der Waals surface area contributed by atoms with Gasteiger partial charge in [-0.2, -0.15) is 0 Å². The summed E-state index contributed by atoms with van der Waals surface area (Å²) >= 11 is 2.12. The molecule has 3 heteroatoms. The van der Waals surface area contributed by atoms with Gasteiger partial charge in [-0.1, -0.05) is 11.6 Å². The normalized spacial score (nSPS) is 12.5. The standard InChI is InChI=1S/C12H15FIN/c1-8(2)3-6-12(15)10-5-4-9(13)7-11(10)14/h4-5,7,12H,1,3,6,15H2,2H3. The molecule has 0 aliphatic carbocycles. The van der Waals surface area contributed by atoms with E-state index >= 15 is 0 Å². The van der Waals surface area contributed by atoms with Crippen molar-refractivity contribution in [1.82, 2.24) is 0 Å². The van der Waals surface area contributed by atoms with Crippen LogP contribution in [0.1, 0.15) is 31.4 Å². The molecule has 0 fully saturated rings. The zero-order valence-corrected chi connectivity index (χ0v) is 10.9. The molecule has 1 atom stereocenters. The Kier molecular flexibility index (Phi) is 4.73. The van der Waals surface area contributed by atoms with E-state index in [1.165, 1.54) is 12.1 Å². The first-order valence-electron chi connectivity index (χ1n) is 4.85. The molecule has 2 N–H and O–H groups in total. The number of allylic oxidation sites excluding steroid dienone is 1. The molecule has 0 bridgehead atoms. The SMILES string of the molecule is C=C(C)CCC(N)c1ccc(F)cc1I. The highest BCUT2D eigenvalue weighted by atomic mass is 127. The fraction of sp³-hybridized carbons (Fsp3) is 0.333. The maximum absolute atomic E-state index is 12.9. The molecule has 0 heterocycles. The molecule has 82 valence electrons. The van der Waals surface area contributed by atoms with Crippen LogP contribution in [0.25, 0.3) is 0 Å². The Balaban J connectivity index is 2.73. The van der Waals surface area contributed by atoms with E-state index in [9.17, 15) is 4.39 Å². The second-order valence-electron chi connectivity index (χ2n) is 3.77. The molecule has 0 spiro atoms. The van der Waals surface area contributed by atoms with Crippen LogP contribution in [0.3, 0.4) is 0 Å². The van der Waals surface area contributed by atoms with Crippen LogP contribution < -0.4 is 5.73 Å². The summed E-state index contributed by atoms with van der Waals surface area (Å²) in [6.07, 6.45) is 1.77. The van der Waals surface area contributed by atoms with Gasteiger partial charge in [0.15, 0.2) is 0 Å². The number of hydrogen-bond donors (Lipinski definition) is 1. The Hall–Kier alpha value is -0.420. The van der Waals surface area contributed by atoms with Crippen molar-refractivity contribution in [2.45, 2.75) is 25.8 Å². The van der Waals surface area contributed by atoms with Crippen molar-refractivity contribution in [3.8, 4) is 0 Å². The van der Waals surface area contributed by atoms with Gasteiger partial charge in [-0.05, 0) is 60.1 Å². The van der Waals surface area contributed by atoms with E-state index in [-0.39, 0.29) is 11.9 Å². The predicted molar refractivity (Wildman–Crippen MR) is 70.1 cm³/mol. The summed E-state index contributed by atoms with van der Waals surface area (Å²) in [5.74, 6) is -0.213. The van der Waals surface area contributed by atoms with Crippen LogP contribution >= 0.6 is 22.6 Å². The molecule has 0 saturated heterocycles. The van der Waals surface area contributed by atoms with Crippen molar-refractivity contribution in [1.29, 1.82) is 0 Å². The summed E-state index contributed by atoms with van der Waals surface area (Å²) in [4.78, 5) is 0. The first-order chi connectivity index (χ1) is 7.00. The van der Waals surface area contributed by atoms with Crippen molar-refractivity contribution < 1.29 is 4.39 Å². The monoisotopic (exact) mass is 319 g/mol. The topological polar surface area (TPSA) is 26.0 Å². The fourth-order valence-corrected chi connectivity index (χ4v) is 2.24. The van der Waals surface area contributed by atoms with Gasteiger partial charge in [-0.3, -0.25) is 0 Å². The van der Waals surface area contributed by atoms with Gasteiger partial charge in [0.1, 0.15) is 5.82 Å². The van der Waals surface area contributed by atoms with Gasteiger partial charge in [-0.15, -0.1) is 6.58 Å². The van der Waals surface area contributed by atoms with E-state index in [1.54, 1.807) is 6.07 Å². The van der Waals surface area contributed by atoms with Crippen LogP contribution in [0, 0.1) is 9.39 Å². The minimum atomic E-state index is -0.213. The number of rotatable bonds is 4. The lowest BCUT2D eigenvalue weighted by Gasteiger charge is -2.13. The molecule has 0 aliphatic rings. The molecule has 0 saturated carbocycles. The summed E-state index contributed by atoms with van der Waals surface area (Å²) in [6, 6.07) is 4.70. The van der Waals surface area contributed by atoms with Crippen LogP contribution in [-0.2, 0) is 0 Å². The fourth-order valence-electron chi connectivity index (χ4n) is 1.36. The summed E-state index contributed by atoms with van der Waals surface area (Å²) in [6.45, 7) is 5.83. The molecule has 1 aromatic carbocycles. The van der Waals surface area contributed by atoms with Gasteiger partial charge in [0.2, 0.25) is 0 Å². The highest BCUT2D eigenvalue weighted by Gasteiger charge is 2.10.